The first-order chi connectivity index (χ1) is 9.99. The zero-order valence-corrected chi connectivity index (χ0v) is 12.8. The van der Waals surface area contributed by atoms with Crippen molar-refractivity contribution in [3.05, 3.63) is 28.8 Å². The van der Waals surface area contributed by atoms with Crippen molar-refractivity contribution in [1.29, 1.82) is 0 Å². The average molecular weight is 310 g/mol. The van der Waals surface area contributed by atoms with Gasteiger partial charge in [0.05, 0.1) is 10.7 Å². The summed E-state index contributed by atoms with van der Waals surface area (Å²) in [6.45, 7) is 3.24. The molecule has 0 aliphatic carbocycles. The number of halogens is 1. The van der Waals surface area contributed by atoms with E-state index < -0.39 is 6.04 Å². The van der Waals surface area contributed by atoms with E-state index in [1.54, 1.807) is 19.1 Å². The molecule has 1 saturated heterocycles. The van der Waals surface area contributed by atoms with Crippen LogP contribution in [0.5, 0.6) is 0 Å². The number of piperidine rings is 1. The highest BCUT2D eigenvalue weighted by atomic mass is 35.5. The summed E-state index contributed by atoms with van der Waals surface area (Å²) in [5, 5.41) is 3.04. The number of nitrogens with two attached hydrogens (primary N) is 1. The molecular formula is C15H20ClN3O2. The molecule has 0 bridgehead atoms. The van der Waals surface area contributed by atoms with Gasteiger partial charge < -0.3 is 16.0 Å². The lowest BCUT2D eigenvalue weighted by molar-refractivity contribution is -0.133. The van der Waals surface area contributed by atoms with E-state index >= 15 is 0 Å². The van der Waals surface area contributed by atoms with Gasteiger partial charge in [0, 0.05) is 18.7 Å². The molecule has 1 aliphatic heterocycles. The first-order valence-corrected chi connectivity index (χ1v) is 7.51. The van der Waals surface area contributed by atoms with E-state index in [2.05, 4.69) is 5.32 Å². The average Bonchev–Trinajstić information content (AvgIpc) is 2.50. The zero-order valence-electron chi connectivity index (χ0n) is 12.1. The smallest absolute Gasteiger partial charge is 0.251 e. The lowest BCUT2D eigenvalue weighted by Crippen LogP contribution is -2.48. The first kappa shape index (κ1) is 15.6. The molecule has 0 radical (unpaired) electrons. The Hall–Kier alpha value is -1.75. The van der Waals surface area contributed by atoms with Crippen molar-refractivity contribution in [2.24, 2.45) is 0 Å². The molecule has 1 aromatic carbocycles. The van der Waals surface area contributed by atoms with Crippen LogP contribution in [0.3, 0.4) is 0 Å². The number of likely N-dealkylation sites (tertiary alicyclic amines) is 1. The molecule has 2 amide bonds. The van der Waals surface area contributed by atoms with Gasteiger partial charge in [0.2, 0.25) is 5.91 Å². The van der Waals surface area contributed by atoms with Gasteiger partial charge in [-0.3, -0.25) is 9.59 Å². The Kier molecular flexibility index (Phi) is 5.07. The lowest BCUT2D eigenvalue weighted by Gasteiger charge is -2.29. The van der Waals surface area contributed by atoms with Crippen LogP contribution in [-0.4, -0.2) is 35.8 Å². The van der Waals surface area contributed by atoms with Gasteiger partial charge in [-0.25, -0.2) is 0 Å². The highest BCUT2D eigenvalue weighted by Gasteiger charge is 2.23. The van der Waals surface area contributed by atoms with Crippen LogP contribution in [0.1, 0.15) is 36.5 Å². The van der Waals surface area contributed by atoms with E-state index in [-0.39, 0.29) is 11.8 Å². The molecular weight excluding hydrogens is 290 g/mol. The largest absolute Gasteiger partial charge is 0.398 e. The number of carbonyl (C=O) groups excluding carboxylic acids is 2. The number of nitrogens with zero attached hydrogens (tertiary/aromatic N) is 1. The standard InChI is InChI=1S/C15H20ClN3O2/c1-10(15(21)19-7-3-2-4-8-19)18-14(20)11-5-6-13(17)12(16)9-11/h5-6,9-10H,2-4,7-8,17H2,1H3,(H,18,20). The summed E-state index contributed by atoms with van der Waals surface area (Å²) in [4.78, 5) is 26.2. The van der Waals surface area contributed by atoms with Crippen LogP contribution in [-0.2, 0) is 4.79 Å². The minimum Gasteiger partial charge on any atom is -0.398 e. The van der Waals surface area contributed by atoms with Crippen LogP contribution in [0.25, 0.3) is 0 Å². The van der Waals surface area contributed by atoms with Crippen molar-refractivity contribution in [3.63, 3.8) is 0 Å². The second-order valence-electron chi connectivity index (χ2n) is 5.32. The Labute approximate surface area is 129 Å². The minimum absolute atomic E-state index is 0.0374. The van der Waals surface area contributed by atoms with Crippen LogP contribution in [0.15, 0.2) is 18.2 Å². The molecule has 5 nitrogen and oxygen atoms in total. The Bertz CT molecular complexity index is 542. The maximum atomic E-state index is 12.3. The van der Waals surface area contributed by atoms with Gasteiger partial charge in [-0.15, -0.1) is 0 Å². The Morgan fingerprint density at radius 3 is 2.57 bits per heavy atom. The number of carbonyl (C=O) groups is 2. The third-order valence-corrected chi connectivity index (χ3v) is 3.98. The number of benzene rings is 1. The topological polar surface area (TPSA) is 75.4 Å². The third-order valence-electron chi connectivity index (χ3n) is 3.65. The molecule has 114 valence electrons. The molecule has 2 rings (SSSR count). The summed E-state index contributed by atoms with van der Waals surface area (Å²) >= 11 is 5.90. The van der Waals surface area contributed by atoms with Crippen molar-refractivity contribution in [2.75, 3.05) is 18.8 Å². The molecule has 0 saturated carbocycles. The van der Waals surface area contributed by atoms with Crippen LogP contribution in [0.2, 0.25) is 5.02 Å². The summed E-state index contributed by atoms with van der Waals surface area (Å²) in [6.07, 6.45) is 3.22. The van der Waals surface area contributed by atoms with Crippen molar-refractivity contribution in [2.45, 2.75) is 32.2 Å². The van der Waals surface area contributed by atoms with Crippen LogP contribution >= 0.6 is 11.6 Å². The lowest BCUT2D eigenvalue weighted by atomic mass is 10.1. The molecule has 21 heavy (non-hydrogen) atoms. The van der Waals surface area contributed by atoms with Crippen molar-refractivity contribution in [1.82, 2.24) is 10.2 Å². The fraction of sp³-hybridized carbons (Fsp3) is 0.467. The highest BCUT2D eigenvalue weighted by Crippen LogP contribution is 2.19. The van der Waals surface area contributed by atoms with E-state index in [4.69, 9.17) is 17.3 Å². The van der Waals surface area contributed by atoms with E-state index in [0.29, 0.717) is 16.3 Å². The van der Waals surface area contributed by atoms with E-state index in [1.165, 1.54) is 6.07 Å². The van der Waals surface area contributed by atoms with E-state index in [0.717, 1.165) is 32.4 Å². The SMILES string of the molecule is CC(NC(=O)c1ccc(N)c(Cl)c1)C(=O)N1CCCCC1. The maximum absolute atomic E-state index is 12.3. The van der Waals surface area contributed by atoms with Crippen molar-refractivity contribution >= 4 is 29.1 Å². The summed E-state index contributed by atoms with van der Waals surface area (Å²) in [5.74, 6) is -0.362. The Morgan fingerprint density at radius 2 is 1.95 bits per heavy atom. The number of hydrogen-bond donors (Lipinski definition) is 2. The summed E-state index contributed by atoms with van der Waals surface area (Å²) in [7, 11) is 0. The van der Waals surface area contributed by atoms with Gasteiger partial charge >= 0.3 is 0 Å². The molecule has 3 N–H and O–H groups in total. The molecule has 0 aromatic heterocycles. The van der Waals surface area contributed by atoms with Crippen LogP contribution in [0, 0.1) is 0 Å². The quantitative estimate of drug-likeness (QED) is 0.839. The van der Waals surface area contributed by atoms with E-state index in [1.807, 2.05) is 4.90 Å². The number of nitrogens with one attached hydrogen (secondary N) is 1. The number of amides is 2. The molecule has 1 fully saturated rings. The summed E-state index contributed by atoms with van der Waals surface area (Å²) < 4.78 is 0. The predicted molar refractivity (Wildman–Crippen MR) is 83.2 cm³/mol. The third kappa shape index (κ3) is 3.88. The Balaban J connectivity index is 1.97. The van der Waals surface area contributed by atoms with Crippen LogP contribution < -0.4 is 11.1 Å². The predicted octanol–water partition coefficient (Wildman–Crippen LogP) is 2.05. The molecule has 1 atom stereocenters. The molecule has 6 heteroatoms. The molecule has 0 spiro atoms. The Morgan fingerprint density at radius 1 is 1.29 bits per heavy atom. The first-order valence-electron chi connectivity index (χ1n) is 7.13. The van der Waals surface area contributed by atoms with Crippen molar-refractivity contribution < 1.29 is 9.59 Å². The second kappa shape index (κ2) is 6.80. The zero-order chi connectivity index (χ0) is 15.4. The van der Waals surface area contributed by atoms with Gasteiger partial charge in [-0.05, 0) is 44.4 Å². The number of nitrogen functional groups attached to an aromatic ring is 1. The minimum atomic E-state index is -0.549. The monoisotopic (exact) mass is 309 g/mol. The van der Waals surface area contributed by atoms with E-state index in [9.17, 15) is 9.59 Å². The fourth-order valence-electron chi connectivity index (χ4n) is 2.40. The molecule has 1 aromatic rings. The van der Waals surface area contributed by atoms with Crippen LogP contribution in [0.4, 0.5) is 5.69 Å². The number of rotatable bonds is 3. The van der Waals surface area contributed by atoms with Gasteiger partial charge in [0.25, 0.3) is 5.91 Å². The summed E-state index contributed by atoms with van der Waals surface area (Å²) in [5.41, 5.74) is 6.43. The van der Waals surface area contributed by atoms with Gasteiger partial charge in [-0.1, -0.05) is 11.6 Å². The highest BCUT2D eigenvalue weighted by molar-refractivity contribution is 6.33. The van der Waals surface area contributed by atoms with Gasteiger partial charge in [0.15, 0.2) is 0 Å². The van der Waals surface area contributed by atoms with Gasteiger partial charge in [-0.2, -0.15) is 0 Å². The normalized spacial score (nSPS) is 16.4. The second-order valence-corrected chi connectivity index (χ2v) is 5.72. The maximum Gasteiger partial charge on any atom is 0.251 e. The molecule has 1 aliphatic rings. The molecule has 1 heterocycles. The number of hydrogen-bond acceptors (Lipinski definition) is 3. The number of anilines is 1. The van der Waals surface area contributed by atoms with Gasteiger partial charge in [0.1, 0.15) is 6.04 Å². The summed E-state index contributed by atoms with van der Waals surface area (Å²) in [6, 6.07) is 4.12. The molecule has 1 unspecified atom stereocenters. The van der Waals surface area contributed by atoms with Crippen molar-refractivity contribution in [3.8, 4) is 0 Å². The fourth-order valence-corrected chi connectivity index (χ4v) is 2.58.